The number of rotatable bonds is 4. The van der Waals surface area contributed by atoms with Gasteiger partial charge in [0.05, 0.1) is 11.4 Å². The molecule has 0 atom stereocenters. The normalized spacial score (nSPS) is 19.6. The quantitative estimate of drug-likeness (QED) is 0.634. The van der Waals surface area contributed by atoms with E-state index in [1.807, 2.05) is 13.1 Å². The smallest absolute Gasteiger partial charge is 0.264 e. The van der Waals surface area contributed by atoms with Gasteiger partial charge in [-0.3, -0.25) is 4.99 Å². The Morgan fingerprint density at radius 3 is 2.56 bits per heavy atom. The number of nitrogens with one attached hydrogen (secondary N) is 2. The Morgan fingerprint density at radius 1 is 1.28 bits per heavy atom. The molecule has 1 heterocycles. The van der Waals surface area contributed by atoms with Crippen molar-refractivity contribution in [3.63, 3.8) is 0 Å². The summed E-state index contributed by atoms with van der Waals surface area (Å²) in [6, 6.07) is 6.60. The van der Waals surface area contributed by atoms with Crippen LogP contribution < -0.4 is 10.0 Å². The van der Waals surface area contributed by atoms with Crippen LogP contribution in [0.5, 0.6) is 0 Å². The lowest BCUT2D eigenvalue weighted by Crippen LogP contribution is -2.42. The third kappa shape index (κ3) is 3.78. The molecule has 136 valence electrons. The maximum absolute atomic E-state index is 12.7. The van der Waals surface area contributed by atoms with E-state index in [0.29, 0.717) is 19.0 Å². The van der Waals surface area contributed by atoms with E-state index < -0.39 is 10.0 Å². The van der Waals surface area contributed by atoms with Gasteiger partial charge in [0.1, 0.15) is 0 Å². The van der Waals surface area contributed by atoms with Crippen LogP contribution in [-0.4, -0.2) is 45.7 Å². The molecule has 1 aromatic rings. The SMILES string of the molecule is CCN=C(NS(=O)(=O)c1ccc(NC)cc1)N1CC2(C=N1)CCCC2. The van der Waals surface area contributed by atoms with E-state index >= 15 is 0 Å². The highest BCUT2D eigenvalue weighted by Gasteiger charge is 2.39. The van der Waals surface area contributed by atoms with Crippen molar-refractivity contribution in [3.05, 3.63) is 24.3 Å². The molecular formula is C17H25N5O2S. The molecular weight excluding hydrogens is 338 g/mol. The molecule has 0 aromatic heterocycles. The third-order valence-corrected chi connectivity index (χ3v) is 6.11. The van der Waals surface area contributed by atoms with Crippen LogP contribution in [0, 0.1) is 5.41 Å². The third-order valence-electron chi connectivity index (χ3n) is 4.77. The predicted molar refractivity (Wildman–Crippen MR) is 100 cm³/mol. The summed E-state index contributed by atoms with van der Waals surface area (Å²) in [5, 5.41) is 9.10. The van der Waals surface area contributed by atoms with Crippen molar-refractivity contribution in [2.24, 2.45) is 15.5 Å². The predicted octanol–water partition coefficient (Wildman–Crippen LogP) is 2.24. The van der Waals surface area contributed by atoms with E-state index in [1.165, 1.54) is 12.8 Å². The molecule has 3 rings (SSSR count). The van der Waals surface area contributed by atoms with Gasteiger partial charge in [-0.1, -0.05) is 12.8 Å². The van der Waals surface area contributed by atoms with Crippen molar-refractivity contribution in [1.82, 2.24) is 9.73 Å². The summed E-state index contributed by atoms with van der Waals surface area (Å²) in [5.74, 6) is 0.292. The molecule has 0 bridgehead atoms. The largest absolute Gasteiger partial charge is 0.388 e. The fraction of sp³-hybridized carbons (Fsp3) is 0.529. The zero-order valence-electron chi connectivity index (χ0n) is 14.7. The van der Waals surface area contributed by atoms with Crippen molar-refractivity contribution in [2.45, 2.75) is 37.5 Å². The maximum atomic E-state index is 12.7. The molecule has 2 N–H and O–H groups in total. The van der Waals surface area contributed by atoms with Gasteiger partial charge in [0.2, 0.25) is 5.96 Å². The first-order valence-corrected chi connectivity index (χ1v) is 10.1. The van der Waals surface area contributed by atoms with Gasteiger partial charge in [-0.2, -0.15) is 5.10 Å². The second-order valence-corrected chi connectivity index (χ2v) is 8.23. The molecule has 0 saturated heterocycles. The van der Waals surface area contributed by atoms with Gasteiger partial charge in [-0.25, -0.2) is 18.1 Å². The summed E-state index contributed by atoms with van der Waals surface area (Å²) in [4.78, 5) is 4.53. The van der Waals surface area contributed by atoms with Crippen LogP contribution in [0.1, 0.15) is 32.6 Å². The van der Waals surface area contributed by atoms with Crippen molar-refractivity contribution in [1.29, 1.82) is 0 Å². The monoisotopic (exact) mass is 363 g/mol. The molecule has 2 aliphatic rings. The molecule has 1 saturated carbocycles. The minimum Gasteiger partial charge on any atom is -0.388 e. The van der Waals surface area contributed by atoms with E-state index in [4.69, 9.17) is 0 Å². The van der Waals surface area contributed by atoms with Crippen molar-refractivity contribution in [3.8, 4) is 0 Å². The number of sulfonamides is 1. The lowest BCUT2D eigenvalue weighted by Gasteiger charge is -2.23. The number of anilines is 1. The minimum absolute atomic E-state index is 0.0778. The summed E-state index contributed by atoms with van der Waals surface area (Å²) in [6.07, 6.45) is 6.57. The molecule has 1 fully saturated rings. The van der Waals surface area contributed by atoms with E-state index in [9.17, 15) is 8.42 Å². The maximum Gasteiger partial charge on any atom is 0.264 e. The molecule has 1 aromatic carbocycles. The molecule has 0 amide bonds. The Labute approximate surface area is 149 Å². The van der Waals surface area contributed by atoms with Crippen LogP contribution in [0.2, 0.25) is 0 Å². The Hall–Kier alpha value is -2.09. The topological polar surface area (TPSA) is 86.2 Å². The average Bonchev–Trinajstić information content (AvgIpc) is 3.25. The molecule has 1 aliphatic heterocycles. The van der Waals surface area contributed by atoms with Gasteiger partial charge in [-0.15, -0.1) is 0 Å². The fourth-order valence-corrected chi connectivity index (χ4v) is 4.39. The van der Waals surface area contributed by atoms with Gasteiger partial charge in [-0.05, 0) is 44.0 Å². The van der Waals surface area contributed by atoms with Crippen LogP contribution in [0.3, 0.4) is 0 Å². The number of hydrogen-bond acceptors (Lipinski definition) is 5. The first-order valence-electron chi connectivity index (χ1n) is 8.66. The van der Waals surface area contributed by atoms with Crippen LogP contribution in [0.4, 0.5) is 5.69 Å². The standard InChI is InChI=1S/C17H25N5O2S/c1-3-19-16(22-13-17(12-20-22)10-4-5-11-17)21-25(23,24)15-8-6-14(18-2)7-9-15/h6-9,12,18H,3-5,10-11,13H2,1-2H3,(H,19,21). The van der Waals surface area contributed by atoms with E-state index in [1.54, 1.807) is 36.3 Å². The van der Waals surface area contributed by atoms with Crippen molar-refractivity contribution < 1.29 is 8.42 Å². The van der Waals surface area contributed by atoms with Gasteiger partial charge in [0, 0.05) is 30.9 Å². The molecule has 0 radical (unpaired) electrons. The highest BCUT2D eigenvalue weighted by molar-refractivity contribution is 7.90. The van der Waals surface area contributed by atoms with Gasteiger partial charge in [0.25, 0.3) is 10.0 Å². The Kier molecular flexibility index (Phi) is 4.99. The first kappa shape index (κ1) is 17.7. The molecule has 7 nitrogen and oxygen atoms in total. The Morgan fingerprint density at radius 2 is 1.96 bits per heavy atom. The van der Waals surface area contributed by atoms with Crippen molar-refractivity contribution >= 4 is 27.9 Å². The number of benzene rings is 1. The fourth-order valence-electron chi connectivity index (χ4n) is 3.36. The van der Waals surface area contributed by atoms with E-state index in [0.717, 1.165) is 18.5 Å². The van der Waals surface area contributed by atoms with E-state index in [-0.39, 0.29) is 10.3 Å². The molecule has 1 spiro atoms. The van der Waals surface area contributed by atoms with Gasteiger partial charge < -0.3 is 5.32 Å². The summed E-state index contributed by atoms with van der Waals surface area (Å²) < 4.78 is 28.0. The average molecular weight is 363 g/mol. The zero-order chi connectivity index (χ0) is 17.9. The zero-order valence-corrected chi connectivity index (χ0v) is 15.5. The highest BCUT2D eigenvalue weighted by atomic mass is 32.2. The molecule has 8 heteroatoms. The lowest BCUT2D eigenvalue weighted by atomic mass is 9.88. The number of hydrazone groups is 1. The summed E-state index contributed by atoms with van der Waals surface area (Å²) in [6.45, 7) is 3.05. The summed E-state index contributed by atoms with van der Waals surface area (Å²) in [5.41, 5.74) is 0.933. The lowest BCUT2D eigenvalue weighted by molar-refractivity contribution is 0.342. The van der Waals surface area contributed by atoms with Crippen LogP contribution in [-0.2, 0) is 10.0 Å². The number of aliphatic imine (C=N–C) groups is 1. The molecule has 25 heavy (non-hydrogen) atoms. The number of nitrogens with zero attached hydrogens (tertiary/aromatic N) is 3. The van der Waals surface area contributed by atoms with Crippen LogP contribution >= 0.6 is 0 Å². The second kappa shape index (κ2) is 7.03. The first-order chi connectivity index (χ1) is 12.0. The number of guanidine groups is 1. The summed E-state index contributed by atoms with van der Waals surface area (Å²) in [7, 11) is -1.91. The van der Waals surface area contributed by atoms with Crippen LogP contribution in [0.15, 0.2) is 39.3 Å². The van der Waals surface area contributed by atoms with Crippen molar-refractivity contribution in [2.75, 3.05) is 25.5 Å². The Balaban J connectivity index is 1.77. The molecule has 0 unspecified atom stereocenters. The Bertz CT molecular complexity index is 765. The van der Waals surface area contributed by atoms with E-state index in [2.05, 4.69) is 20.1 Å². The highest BCUT2D eigenvalue weighted by Crippen LogP contribution is 2.40. The van der Waals surface area contributed by atoms with Crippen LogP contribution in [0.25, 0.3) is 0 Å². The van der Waals surface area contributed by atoms with Gasteiger partial charge >= 0.3 is 0 Å². The minimum atomic E-state index is -3.70. The summed E-state index contributed by atoms with van der Waals surface area (Å²) >= 11 is 0. The number of hydrogen-bond donors (Lipinski definition) is 2. The second-order valence-electron chi connectivity index (χ2n) is 6.55. The molecule has 1 aliphatic carbocycles. The van der Waals surface area contributed by atoms with Gasteiger partial charge in [0.15, 0.2) is 0 Å².